The molecule has 4 nitrogen and oxygen atoms in total. The molecule has 1 fully saturated rings. The lowest BCUT2D eigenvalue weighted by Gasteiger charge is -2.37. The standard InChI is InChI=1S/C20H17BrClNO3/c1-20(9-25-10-20)11-26-18-5-2-13(21)6-12(18)7-16-15-4-3-14(22)8-17(15)23-19(16)24/h2-8H,9-11H2,1H3,(H,23,24). The minimum atomic E-state index is -0.146. The number of carbonyl (C=O) groups excluding carboxylic acids is 1. The van der Waals surface area contributed by atoms with Crippen LogP contribution in [-0.2, 0) is 9.53 Å². The molecule has 2 aromatic carbocycles. The van der Waals surface area contributed by atoms with Gasteiger partial charge >= 0.3 is 0 Å². The summed E-state index contributed by atoms with van der Waals surface area (Å²) in [5.41, 5.74) is 3.05. The van der Waals surface area contributed by atoms with Crippen LogP contribution in [0.2, 0.25) is 5.02 Å². The van der Waals surface area contributed by atoms with Gasteiger partial charge in [-0.3, -0.25) is 4.79 Å². The molecule has 26 heavy (non-hydrogen) atoms. The predicted molar refractivity (Wildman–Crippen MR) is 107 cm³/mol. The molecule has 2 aromatic rings. The van der Waals surface area contributed by atoms with Crippen LogP contribution in [0.3, 0.4) is 0 Å². The first-order valence-electron chi connectivity index (χ1n) is 8.27. The Balaban J connectivity index is 1.68. The van der Waals surface area contributed by atoms with E-state index in [9.17, 15) is 4.79 Å². The highest BCUT2D eigenvalue weighted by atomic mass is 79.9. The van der Waals surface area contributed by atoms with Crippen LogP contribution in [0.5, 0.6) is 5.75 Å². The summed E-state index contributed by atoms with van der Waals surface area (Å²) < 4.78 is 12.3. The van der Waals surface area contributed by atoms with Crippen molar-refractivity contribution in [3.8, 4) is 5.75 Å². The second-order valence-electron chi connectivity index (χ2n) is 6.98. The number of rotatable bonds is 4. The van der Waals surface area contributed by atoms with Crippen LogP contribution in [0.15, 0.2) is 40.9 Å². The molecular formula is C20H17BrClNO3. The number of carbonyl (C=O) groups is 1. The van der Waals surface area contributed by atoms with Crippen LogP contribution in [0.25, 0.3) is 11.6 Å². The van der Waals surface area contributed by atoms with E-state index in [1.807, 2.05) is 30.3 Å². The van der Waals surface area contributed by atoms with Crippen LogP contribution in [0.1, 0.15) is 18.1 Å². The van der Waals surface area contributed by atoms with Crippen LogP contribution in [-0.4, -0.2) is 25.7 Å². The number of benzene rings is 2. The predicted octanol–water partition coefficient (Wildman–Crippen LogP) is 5.01. The maximum atomic E-state index is 12.4. The lowest BCUT2D eigenvalue weighted by Crippen LogP contribution is -2.44. The molecule has 6 heteroatoms. The Morgan fingerprint density at radius 2 is 2.12 bits per heavy atom. The number of halogens is 2. The average molecular weight is 435 g/mol. The topological polar surface area (TPSA) is 47.6 Å². The number of amides is 1. The Kier molecular flexibility index (Phi) is 4.55. The van der Waals surface area contributed by atoms with E-state index >= 15 is 0 Å². The van der Waals surface area contributed by atoms with Gasteiger partial charge in [0.15, 0.2) is 0 Å². The van der Waals surface area contributed by atoms with Gasteiger partial charge in [-0.1, -0.05) is 40.5 Å². The molecule has 0 aliphatic carbocycles. The SMILES string of the molecule is CC1(COc2ccc(Br)cc2C=C2C(=O)Nc3cc(Cl)ccc32)COC1. The van der Waals surface area contributed by atoms with Gasteiger partial charge in [0, 0.05) is 31.6 Å². The van der Waals surface area contributed by atoms with Crippen molar-refractivity contribution in [2.75, 3.05) is 25.1 Å². The molecule has 4 rings (SSSR count). The van der Waals surface area contributed by atoms with E-state index in [0.717, 1.165) is 27.0 Å². The molecule has 0 spiro atoms. The maximum absolute atomic E-state index is 12.4. The van der Waals surface area contributed by atoms with Crippen molar-refractivity contribution in [1.82, 2.24) is 0 Å². The molecule has 0 atom stereocenters. The summed E-state index contributed by atoms with van der Waals surface area (Å²) in [5, 5.41) is 3.45. The van der Waals surface area contributed by atoms with Gasteiger partial charge in [-0.15, -0.1) is 0 Å². The van der Waals surface area contributed by atoms with Crippen molar-refractivity contribution in [2.45, 2.75) is 6.92 Å². The van der Waals surface area contributed by atoms with Gasteiger partial charge in [-0.2, -0.15) is 0 Å². The van der Waals surface area contributed by atoms with E-state index in [4.69, 9.17) is 21.1 Å². The van der Waals surface area contributed by atoms with E-state index in [0.29, 0.717) is 30.4 Å². The molecular weight excluding hydrogens is 418 g/mol. The third-order valence-electron chi connectivity index (χ3n) is 4.51. The number of ether oxygens (including phenoxy) is 2. The van der Waals surface area contributed by atoms with E-state index in [1.54, 1.807) is 12.1 Å². The fraction of sp³-hybridized carbons (Fsp3) is 0.250. The summed E-state index contributed by atoms with van der Waals surface area (Å²) in [6.45, 7) is 4.12. The van der Waals surface area contributed by atoms with Crippen molar-refractivity contribution in [1.29, 1.82) is 0 Å². The molecule has 1 N–H and O–H groups in total. The van der Waals surface area contributed by atoms with Crippen LogP contribution < -0.4 is 10.1 Å². The van der Waals surface area contributed by atoms with Gasteiger partial charge in [-0.05, 0) is 36.4 Å². The van der Waals surface area contributed by atoms with Crippen LogP contribution in [0.4, 0.5) is 5.69 Å². The van der Waals surface area contributed by atoms with Gasteiger partial charge < -0.3 is 14.8 Å². The Hall–Kier alpha value is -1.82. The molecule has 0 saturated carbocycles. The van der Waals surface area contributed by atoms with Gasteiger partial charge in [0.05, 0.1) is 25.5 Å². The van der Waals surface area contributed by atoms with Gasteiger partial charge in [0.2, 0.25) is 0 Å². The second kappa shape index (κ2) is 6.72. The average Bonchev–Trinajstić information content (AvgIpc) is 2.87. The largest absolute Gasteiger partial charge is 0.492 e. The van der Waals surface area contributed by atoms with E-state index < -0.39 is 0 Å². The normalized spacial score (nSPS) is 19.0. The third kappa shape index (κ3) is 3.39. The monoisotopic (exact) mass is 433 g/mol. The Labute approximate surface area is 165 Å². The summed E-state index contributed by atoms with van der Waals surface area (Å²) in [6, 6.07) is 11.2. The van der Waals surface area contributed by atoms with Crippen molar-refractivity contribution < 1.29 is 14.3 Å². The fourth-order valence-corrected chi connectivity index (χ4v) is 3.57. The zero-order chi connectivity index (χ0) is 18.3. The highest BCUT2D eigenvalue weighted by molar-refractivity contribution is 9.10. The van der Waals surface area contributed by atoms with E-state index in [2.05, 4.69) is 28.2 Å². The number of hydrogen-bond acceptors (Lipinski definition) is 3. The summed E-state index contributed by atoms with van der Waals surface area (Å²) in [6.07, 6.45) is 1.86. The second-order valence-corrected chi connectivity index (χ2v) is 8.33. The molecule has 1 saturated heterocycles. The van der Waals surface area contributed by atoms with E-state index in [1.165, 1.54) is 0 Å². The Bertz CT molecular complexity index is 921. The molecule has 0 radical (unpaired) electrons. The molecule has 2 aliphatic rings. The molecule has 2 aliphatic heterocycles. The van der Waals surface area contributed by atoms with Crippen molar-refractivity contribution in [2.24, 2.45) is 5.41 Å². The molecule has 1 amide bonds. The van der Waals surface area contributed by atoms with Crippen LogP contribution >= 0.6 is 27.5 Å². The molecule has 0 bridgehead atoms. The number of anilines is 1. The fourth-order valence-electron chi connectivity index (χ4n) is 3.01. The minimum Gasteiger partial charge on any atom is -0.492 e. The smallest absolute Gasteiger partial charge is 0.256 e. The maximum Gasteiger partial charge on any atom is 0.256 e. The summed E-state index contributed by atoms with van der Waals surface area (Å²) in [5.74, 6) is 0.594. The van der Waals surface area contributed by atoms with Gasteiger partial charge in [0.25, 0.3) is 5.91 Å². The highest BCUT2D eigenvalue weighted by Gasteiger charge is 2.34. The molecule has 2 heterocycles. The zero-order valence-corrected chi connectivity index (χ0v) is 16.5. The molecule has 0 aromatic heterocycles. The lowest BCUT2D eigenvalue weighted by atomic mass is 9.90. The summed E-state index contributed by atoms with van der Waals surface area (Å²) >= 11 is 9.52. The lowest BCUT2D eigenvalue weighted by molar-refractivity contribution is -0.120. The zero-order valence-electron chi connectivity index (χ0n) is 14.1. The van der Waals surface area contributed by atoms with Crippen molar-refractivity contribution in [3.05, 3.63) is 57.0 Å². The van der Waals surface area contributed by atoms with Crippen molar-refractivity contribution in [3.63, 3.8) is 0 Å². The van der Waals surface area contributed by atoms with Gasteiger partial charge in [-0.25, -0.2) is 0 Å². The first-order valence-corrected chi connectivity index (χ1v) is 9.44. The summed E-state index contributed by atoms with van der Waals surface area (Å²) in [7, 11) is 0. The minimum absolute atomic E-state index is 0.0472. The summed E-state index contributed by atoms with van der Waals surface area (Å²) in [4.78, 5) is 12.4. The first kappa shape index (κ1) is 17.6. The van der Waals surface area contributed by atoms with Crippen LogP contribution in [0, 0.1) is 5.41 Å². The van der Waals surface area contributed by atoms with Crippen molar-refractivity contribution >= 4 is 50.8 Å². The van der Waals surface area contributed by atoms with E-state index in [-0.39, 0.29) is 11.3 Å². The number of fused-ring (bicyclic) bond motifs is 1. The quantitative estimate of drug-likeness (QED) is 0.688. The highest BCUT2D eigenvalue weighted by Crippen LogP contribution is 2.37. The Morgan fingerprint density at radius 1 is 1.31 bits per heavy atom. The Morgan fingerprint density at radius 3 is 2.85 bits per heavy atom. The molecule has 0 unspecified atom stereocenters. The number of nitrogens with one attached hydrogen (secondary N) is 1. The third-order valence-corrected chi connectivity index (χ3v) is 5.24. The number of hydrogen-bond donors (Lipinski definition) is 1. The first-order chi connectivity index (χ1) is 12.4. The molecule has 134 valence electrons. The van der Waals surface area contributed by atoms with Gasteiger partial charge in [0.1, 0.15) is 5.75 Å².